The summed E-state index contributed by atoms with van der Waals surface area (Å²) in [6.45, 7) is 6.01. The third-order valence-corrected chi connectivity index (χ3v) is 6.11. The van der Waals surface area contributed by atoms with Gasteiger partial charge in [-0.1, -0.05) is 25.1 Å². The molecule has 1 aliphatic carbocycles. The number of benzene rings is 1. The minimum atomic E-state index is -3.07. The Labute approximate surface area is 141 Å². The molecule has 1 atom stereocenters. The Morgan fingerprint density at radius 2 is 1.91 bits per heavy atom. The highest BCUT2D eigenvalue weighted by molar-refractivity contribution is 7.88. The molecule has 0 heterocycles. The van der Waals surface area contributed by atoms with Crippen molar-refractivity contribution in [2.24, 2.45) is 0 Å². The lowest BCUT2D eigenvalue weighted by Crippen LogP contribution is -2.32. The van der Waals surface area contributed by atoms with Crippen LogP contribution in [0.25, 0.3) is 0 Å². The molecule has 1 N–H and O–H groups in total. The molecule has 4 nitrogen and oxygen atoms in total. The van der Waals surface area contributed by atoms with Crippen molar-refractivity contribution in [3.8, 4) is 0 Å². The number of rotatable bonds is 8. The molecule has 0 bridgehead atoms. The zero-order chi connectivity index (χ0) is 16.9. The van der Waals surface area contributed by atoms with Gasteiger partial charge in [-0.25, -0.2) is 12.7 Å². The molecule has 0 saturated heterocycles. The van der Waals surface area contributed by atoms with Crippen molar-refractivity contribution in [2.75, 3.05) is 25.9 Å². The van der Waals surface area contributed by atoms with Crippen molar-refractivity contribution >= 4 is 10.0 Å². The molecule has 0 aromatic heterocycles. The van der Waals surface area contributed by atoms with Gasteiger partial charge in [0.2, 0.25) is 10.0 Å². The van der Waals surface area contributed by atoms with Gasteiger partial charge in [0.05, 0.1) is 6.26 Å². The first kappa shape index (κ1) is 18.4. The maximum Gasteiger partial charge on any atom is 0.211 e. The van der Waals surface area contributed by atoms with Crippen molar-refractivity contribution in [3.05, 3.63) is 34.9 Å². The third-order valence-electron chi connectivity index (χ3n) is 4.73. The monoisotopic (exact) mass is 338 g/mol. The van der Waals surface area contributed by atoms with Crippen LogP contribution in [0.5, 0.6) is 0 Å². The standard InChI is InChI=1S/C18H30N2O2S/c1-4-20(23(3,21)22)13-7-12-19-15(2)17-11-10-16-8-5-6-9-18(16)14-17/h10-11,14-15,19H,4-9,12-13H2,1-3H3. The van der Waals surface area contributed by atoms with Gasteiger partial charge in [0.25, 0.3) is 0 Å². The summed E-state index contributed by atoms with van der Waals surface area (Å²) in [6, 6.07) is 7.16. The molecule has 1 unspecified atom stereocenters. The highest BCUT2D eigenvalue weighted by Crippen LogP contribution is 2.24. The summed E-state index contributed by atoms with van der Waals surface area (Å²) in [5.41, 5.74) is 4.36. The van der Waals surface area contributed by atoms with Crippen LogP contribution >= 0.6 is 0 Å². The zero-order valence-electron chi connectivity index (χ0n) is 14.6. The first-order valence-electron chi connectivity index (χ1n) is 8.72. The molecule has 1 aromatic rings. The average Bonchev–Trinajstić information content (AvgIpc) is 2.53. The molecule has 130 valence electrons. The smallest absolute Gasteiger partial charge is 0.211 e. The normalized spacial score (nSPS) is 16.3. The van der Waals surface area contributed by atoms with Crippen molar-refractivity contribution in [1.82, 2.24) is 9.62 Å². The number of nitrogens with zero attached hydrogens (tertiary/aromatic N) is 1. The summed E-state index contributed by atoms with van der Waals surface area (Å²) in [5.74, 6) is 0. The molecule has 1 aromatic carbocycles. The van der Waals surface area contributed by atoms with E-state index in [1.807, 2.05) is 6.92 Å². The van der Waals surface area contributed by atoms with Gasteiger partial charge in [-0.3, -0.25) is 0 Å². The highest BCUT2D eigenvalue weighted by Gasteiger charge is 2.14. The molecule has 0 spiro atoms. The largest absolute Gasteiger partial charge is 0.310 e. The van der Waals surface area contributed by atoms with Gasteiger partial charge in [-0.15, -0.1) is 0 Å². The molecule has 0 saturated carbocycles. The molecule has 0 aliphatic heterocycles. The average molecular weight is 339 g/mol. The molecular formula is C18H30N2O2S. The van der Waals surface area contributed by atoms with E-state index in [-0.39, 0.29) is 0 Å². The van der Waals surface area contributed by atoms with Crippen LogP contribution in [0.3, 0.4) is 0 Å². The van der Waals surface area contributed by atoms with E-state index in [1.54, 1.807) is 0 Å². The Morgan fingerprint density at radius 3 is 2.57 bits per heavy atom. The van der Waals surface area contributed by atoms with Crippen molar-refractivity contribution in [3.63, 3.8) is 0 Å². The molecule has 2 rings (SSSR count). The predicted octanol–water partition coefficient (Wildman–Crippen LogP) is 2.89. The summed E-state index contributed by atoms with van der Waals surface area (Å²) in [5, 5.41) is 3.52. The molecule has 0 radical (unpaired) electrons. The lowest BCUT2D eigenvalue weighted by Gasteiger charge is -2.21. The Morgan fingerprint density at radius 1 is 1.22 bits per heavy atom. The van der Waals surface area contributed by atoms with Gasteiger partial charge < -0.3 is 5.32 Å². The lowest BCUT2D eigenvalue weighted by atomic mass is 9.89. The van der Waals surface area contributed by atoms with Gasteiger partial charge in [-0.2, -0.15) is 0 Å². The van der Waals surface area contributed by atoms with E-state index in [9.17, 15) is 8.42 Å². The van der Waals surface area contributed by atoms with Crippen LogP contribution in [0.15, 0.2) is 18.2 Å². The maximum absolute atomic E-state index is 11.6. The second-order valence-corrected chi connectivity index (χ2v) is 8.50. The fraction of sp³-hybridized carbons (Fsp3) is 0.667. The van der Waals surface area contributed by atoms with Gasteiger partial charge >= 0.3 is 0 Å². The Bertz CT molecular complexity index is 613. The van der Waals surface area contributed by atoms with Crippen LogP contribution in [-0.4, -0.2) is 38.6 Å². The molecule has 5 heteroatoms. The van der Waals surface area contributed by atoms with Crippen LogP contribution in [0.2, 0.25) is 0 Å². The molecule has 0 fully saturated rings. The number of fused-ring (bicyclic) bond motifs is 1. The topological polar surface area (TPSA) is 49.4 Å². The summed E-state index contributed by atoms with van der Waals surface area (Å²) in [7, 11) is -3.07. The maximum atomic E-state index is 11.6. The summed E-state index contributed by atoms with van der Waals surface area (Å²) in [6.07, 6.45) is 7.15. The molecule has 1 aliphatic rings. The van der Waals surface area contributed by atoms with Crippen LogP contribution in [-0.2, 0) is 22.9 Å². The molecule has 0 amide bonds. The quantitative estimate of drug-likeness (QED) is 0.742. The SMILES string of the molecule is CCN(CCCNC(C)c1ccc2c(c1)CCCC2)S(C)(=O)=O. The van der Waals surface area contributed by atoms with Crippen molar-refractivity contribution < 1.29 is 8.42 Å². The number of nitrogens with one attached hydrogen (secondary N) is 1. The van der Waals surface area contributed by atoms with Gasteiger partial charge in [0.1, 0.15) is 0 Å². The van der Waals surface area contributed by atoms with E-state index in [0.29, 0.717) is 19.1 Å². The van der Waals surface area contributed by atoms with Gasteiger partial charge in [0.15, 0.2) is 0 Å². The van der Waals surface area contributed by atoms with Crippen LogP contribution in [0.4, 0.5) is 0 Å². The minimum absolute atomic E-state index is 0.301. The second-order valence-electron chi connectivity index (χ2n) is 6.52. The van der Waals surface area contributed by atoms with Gasteiger partial charge in [0, 0.05) is 19.1 Å². The number of aryl methyl sites for hydroxylation is 2. The summed E-state index contributed by atoms with van der Waals surface area (Å²) < 4.78 is 24.6. The van der Waals surface area contributed by atoms with Crippen LogP contribution in [0.1, 0.15) is 55.8 Å². The van der Waals surface area contributed by atoms with E-state index in [2.05, 4.69) is 30.4 Å². The van der Waals surface area contributed by atoms with Crippen LogP contribution < -0.4 is 5.32 Å². The highest BCUT2D eigenvalue weighted by atomic mass is 32.2. The molecule has 23 heavy (non-hydrogen) atoms. The van der Waals surface area contributed by atoms with Crippen molar-refractivity contribution in [2.45, 2.75) is 52.0 Å². The van der Waals surface area contributed by atoms with Gasteiger partial charge in [-0.05, 0) is 62.3 Å². The van der Waals surface area contributed by atoms with Crippen LogP contribution in [0, 0.1) is 0 Å². The lowest BCUT2D eigenvalue weighted by molar-refractivity contribution is 0.413. The summed E-state index contributed by atoms with van der Waals surface area (Å²) >= 11 is 0. The molecular weight excluding hydrogens is 308 g/mol. The minimum Gasteiger partial charge on any atom is -0.310 e. The van der Waals surface area contributed by atoms with Crippen molar-refractivity contribution in [1.29, 1.82) is 0 Å². The van der Waals surface area contributed by atoms with E-state index in [0.717, 1.165) is 13.0 Å². The van der Waals surface area contributed by atoms with E-state index in [1.165, 1.54) is 52.9 Å². The number of hydrogen-bond acceptors (Lipinski definition) is 3. The Balaban J connectivity index is 1.82. The second kappa shape index (κ2) is 8.27. The fourth-order valence-corrected chi connectivity index (χ4v) is 4.20. The first-order chi connectivity index (χ1) is 10.9. The number of hydrogen-bond donors (Lipinski definition) is 1. The first-order valence-corrected chi connectivity index (χ1v) is 10.6. The summed E-state index contributed by atoms with van der Waals surface area (Å²) in [4.78, 5) is 0. The fourth-order valence-electron chi connectivity index (χ4n) is 3.27. The number of sulfonamides is 1. The predicted molar refractivity (Wildman–Crippen MR) is 96.2 cm³/mol. The Kier molecular flexibility index (Phi) is 6.62. The third kappa shape index (κ3) is 5.30. The van der Waals surface area contributed by atoms with E-state index < -0.39 is 10.0 Å². The zero-order valence-corrected chi connectivity index (χ0v) is 15.5. The van der Waals surface area contributed by atoms with E-state index >= 15 is 0 Å². The Hall–Kier alpha value is -0.910. The van der Waals surface area contributed by atoms with E-state index in [4.69, 9.17) is 0 Å².